The second-order valence-electron chi connectivity index (χ2n) is 7.73. The van der Waals surface area contributed by atoms with Gasteiger partial charge in [-0.3, -0.25) is 24.6 Å². The van der Waals surface area contributed by atoms with Crippen LogP contribution in [0, 0.1) is 17.0 Å². The van der Waals surface area contributed by atoms with Crippen molar-refractivity contribution in [2.24, 2.45) is 0 Å². The number of nitro benzene ring substituents is 1. The van der Waals surface area contributed by atoms with E-state index < -0.39 is 28.3 Å². The summed E-state index contributed by atoms with van der Waals surface area (Å²) in [6, 6.07) is 11.2. The van der Waals surface area contributed by atoms with E-state index in [4.69, 9.17) is 9.15 Å². The first-order valence-corrected chi connectivity index (χ1v) is 11.4. The second-order valence-corrected chi connectivity index (χ2v) is 8.71. The van der Waals surface area contributed by atoms with Crippen molar-refractivity contribution < 1.29 is 23.7 Å². The highest BCUT2D eigenvalue weighted by molar-refractivity contribution is 7.17. The molecule has 11 heteroatoms. The van der Waals surface area contributed by atoms with Gasteiger partial charge in [-0.15, -0.1) is 0 Å². The number of hydrogen-bond acceptors (Lipinski definition) is 9. The molecule has 2 aromatic heterocycles. The molecule has 0 radical (unpaired) electrons. The third kappa shape index (κ3) is 3.56. The summed E-state index contributed by atoms with van der Waals surface area (Å²) in [7, 11) is 0. The van der Waals surface area contributed by atoms with E-state index in [9.17, 15) is 24.5 Å². The Balaban J connectivity index is 1.76. The molecule has 0 fully saturated rings. The highest BCUT2D eigenvalue weighted by Crippen LogP contribution is 2.43. The lowest BCUT2D eigenvalue weighted by Gasteiger charge is -2.22. The van der Waals surface area contributed by atoms with Gasteiger partial charge in [0.15, 0.2) is 10.6 Å². The largest absolute Gasteiger partial charge is 0.462 e. The molecule has 0 saturated carbocycles. The van der Waals surface area contributed by atoms with Gasteiger partial charge in [-0.1, -0.05) is 35.6 Å². The zero-order valence-corrected chi connectivity index (χ0v) is 19.3. The first kappa shape index (κ1) is 22.4. The molecule has 1 amide bonds. The van der Waals surface area contributed by atoms with Crippen molar-refractivity contribution in [1.29, 1.82) is 0 Å². The average molecular weight is 491 g/mol. The van der Waals surface area contributed by atoms with E-state index in [1.165, 1.54) is 23.1 Å². The van der Waals surface area contributed by atoms with Crippen LogP contribution in [0.2, 0.25) is 0 Å². The number of amides is 1. The Kier molecular flexibility index (Phi) is 5.40. The van der Waals surface area contributed by atoms with E-state index in [0.717, 1.165) is 11.3 Å². The average Bonchev–Trinajstić information content (AvgIpc) is 3.37. The monoisotopic (exact) mass is 491 g/mol. The van der Waals surface area contributed by atoms with E-state index in [2.05, 4.69) is 4.98 Å². The molecule has 1 aliphatic rings. The maximum absolute atomic E-state index is 13.6. The van der Waals surface area contributed by atoms with Crippen molar-refractivity contribution in [2.45, 2.75) is 19.9 Å². The predicted octanol–water partition coefficient (Wildman–Crippen LogP) is 4.39. The minimum atomic E-state index is -1.04. The van der Waals surface area contributed by atoms with E-state index in [-0.39, 0.29) is 44.6 Å². The van der Waals surface area contributed by atoms with Gasteiger partial charge in [0, 0.05) is 12.1 Å². The Morgan fingerprint density at radius 2 is 2.00 bits per heavy atom. The van der Waals surface area contributed by atoms with Crippen LogP contribution in [0.5, 0.6) is 0 Å². The maximum atomic E-state index is 13.6. The Morgan fingerprint density at radius 1 is 1.23 bits per heavy atom. The summed E-state index contributed by atoms with van der Waals surface area (Å²) in [5.41, 5.74) is 0.365. The number of aryl methyl sites for hydroxylation is 1. The molecular weight excluding hydrogens is 474 g/mol. The van der Waals surface area contributed by atoms with Crippen LogP contribution in [0.3, 0.4) is 0 Å². The van der Waals surface area contributed by atoms with Crippen molar-refractivity contribution in [2.75, 3.05) is 11.5 Å². The normalized spacial score (nSPS) is 14.9. The molecule has 0 bridgehead atoms. The van der Waals surface area contributed by atoms with Gasteiger partial charge in [0.2, 0.25) is 5.76 Å². The molecule has 10 nitrogen and oxygen atoms in total. The number of non-ortho nitro benzene ring substituents is 1. The number of aromatic nitrogens is 1. The minimum absolute atomic E-state index is 0.0553. The zero-order valence-electron chi connectivity index (χ0n) is 18.5. The molecule has 4 aromatic rings. The number of carbonyl (C=O) groups excluding carboxylic acids is 2. The smallest absolute Gasteiger partial charge is 0.350 e. The number of nitro groups is 1. The van der Waals surface area contributed by atoms with Crippen LogP contribution in [0.1, 0.15) is 50.0 Å². The summed E-state index contributed by atoms with van der Waals surface area (Å²) in [4.78, 5) is 56.3. The van der Waals surface area contributed by atoms with Crippen molar-refractivity contribution in [3.63, 3.8) is 0 Å². The van der Waals surface area contributed by atoms with Crippen LogP contribution in [-0.4, -0.2) is 28.4 Å². The van der Waals surface area contributed by atoms with E-state index >= 15 is 0 Å². The zero-order chi connectivity index (χ0) is 24.9. The number of nitrogens with zero attached hydrogens (tertiary/aromatic N) is 3. The van der Waals surface area contributed by atoms with E-state index in [1.807, 2.05) is 0 Å². The number of para-hydroxylation sites is 1. The van der Waals surface area contributed by atoms with Gasteiger partial charge < -0.3 is 9.15 Å². The number of thiazole rings is 1. The van der Waals surface area contributed by atoms with Crippen molar-refractivity contribution in [3.8, 4) is 0 Å². The number of carbonyl (C=O) groups is 2. The highest BCUT2D eigenvalue weighted by atomic mass is 32.1. The molecule has 0 unspecified atom stereocenters. The summed E-state index contributed by atoms with van der Waals surface area (Å²) in [6.45, 7) is 3.46. The lowest BCUT2D eigenvalue weighted by atomic mass is 9.98. The number of anilines is 1. The topological polar surface area (TPSA) is 133 Å². The third-order valence-corrected chi connectivity index (χ3v) is 6.76. The Morgan fingerprint density at radius 3 is 2.74 bits per heavy atom. The lowest BCUT2D eigenvalue weighted by Crippen LogP contribution is -2.29. The van der Waals surface area contributed by atoms with Gasteiger partial charge in [0.05, 0.1) is 34.2 Å². The molecule has 1 aliphatic heterocycles. The maximum Gasteiger partial charge on any atom is 0.350 e. The third-order valence-electron chi connectivity index (χ3n) is 5.63. The van der Waals surface area contributed by atoms with Crippen LogP contribution in [0.15, 0.2) is 57.7 Å². The van der Waals surface area contributed by atoms with Crippen LogP contribution < -0.4 is 10.3 Å². The summed E-state index contributed by atoms with van der Waals surface area (Å²) in [5.74, 6) is -1.39. The number of fused-ring (bicyclic) bond motifs is 2. The molecule has 3 heterocycles. The lowest BCUT2D eigenvalue weighted by molar-refractivity contribution is -0.384. The molecule has 0 spiro atoms. The Hall–Kier alpha value is -4.38. The number of ether oxygens (including phenoxy) is 1. The highest BCUT2D eigenvalue weighted by Gasteiger charge is 2.45. The standard InChI is InChI=1S/C24H17N3O7S/c1-3-33-23(30)21-12(2)25-24(35-21)26-18(13-7-6-8-14(11-13)27(31)32)17-19(28)15-9-4-5-10-16(15)34-20(17)22(26)29/h4-11,18H,3H2,1-2H3/t18-/m0/s1. The van der Waals surface area contributed by atoms with Crippen LogP contribution in [-0.2, 0) is 4.74 Å². The molecule has 176 valence electrons. The molecule has 35 heavy (non-hydrogen) atoms. The van der Waals surface area contributed by atoms with Gasteiger partial charge in [0.1, 0.15) is 10.5 Å². The Bertz CT molecular complexity index is 1590. The molecule has 1 atom stereocenters. The van der Waals surface area contributed by atoms with Crippen molar-refractivity contribution in [3.05, 3.63) is 96.3 Å². The molecule has 0 N–H and O–H groups in total. The minimum Gasteiger partial charge on any atom is -0.462 e. The fourth-order valence-corrected chi connectivity index (χ4v) is 5.10. The van der Waals surface area contributed by atoms with Gasteiger partial charge in [0.25, 0.3) is 11.6 Å². The van der Waals surface area contributed by atoms with Crippen LogP contribution in [0.25, 0.3) is 11.0 Å². The molecule has 5 rings (SSSR count). The predicted molar refractivity (Wildman–Crippen MR) is 127 cm³/mol. The van der Waals surface area contributed by atoms with Gasteiger partial charge >= 0.3 is 5.97 Å². The molecular formula is C24H17N3O7S. The first-order chi connectivity index (χ1) is 16.8. The van der Waals surface area contributed by atoms with E-state index in [0.29, 0.717) is 11.3 Å². The fourth-order valence-electron chi connectivity index (χ4n) is 4.11. The van der Waals surface area contributed by atoms with Crippen molar-refractivity contribution in [1.82, 2.24) is 4.98 Å². The van der Waals surface area contributed by atoms with Gasteiger partial charge in [-0.2, -0.15) is 0 Å². The number of rotatable bonds is 5. The molecule has 0 saturated heterocycles. The van der Waals surface area contributed by atoms with Gasteiger partial charge in [-0.05, 0) is 31.5 Å². The number of benzene rings is 2. The quantitative estimate of drug-likeness (QED) is 0.228. The molecule has 0 aliphatic carbocycles. The summed E-state index contributed by atoms with van der Waals surface area (Å²) in [6.07, 6.45) is 0. The van der Waals surface area contributed by atoms with Gasteiger partial charge in [-0.25, -0.2) is 9.78 Å². The SMILES string of the molecule is CCOC(=O)c1sc(N2C(=O)c3oc4ccccc4c(=O)c3[C@@H]2c2cccc([N+](=O)[O-])c2)nc1C. The molecule has 2 aromatic carbocycles. The summed E-state index contributed by atoms with van der Waals surface area (Å²) in [5, 5.41) is 11.9. The Labute approximate surface area is 201 Å². The van der Waals surface area contributed by atoms with Crippen LogP contribution >= 0.6 is 11.3 Å². The van der Waals surface area contributed by atoms with Crippen LogP contribution in [0.4, 0.5) is 10.8 Å². The second kappa shape index (κ2) is 8.44. The number of esters is 1. The fraction of sp³-hybridized carbons (Fsp3) is 0.167. The summed E-state index contributed by atoms with van der Waals surface area (Å²) < 4.78 is 10.9. The van der Waals surface area contributed by atoms with E-state index in [1.54, 1.807) is 44.2 Å². The van der Waals surface area contributed by atoms with Crippen molar-refractivity contribution >= 4 is 45.0 Å². The first-order valence-electron chi connectivity index (χ1n) is 10.6. The number of hydrogen-bond donors (Lipinski definition) is 0. The summed E-state index contributed by atoms with van der Waals surface area (Å²) >= 11 is 0.940.